The predicted octanol–water partition coefficient (Wildman–Crippen LogP) is 7.30. The molecule has 0 aromatic heterocycles. The van der Waals surface area contributed by atoms with E-state index in [2.05, 4.69) is 65.6 Å². The summed E-state index contributed by atoms with van der Waals surface area (Å²) in [5, 5.41) is 15.4. The average molecular weight is 691 g/mol. The number of anilines is 2. The lowest BCUT2D eigenvalue weighted by Gasteiger charge is -2.37. The van der Waals surface area contributed by atoms with Gasteiger partial charge in [0.2, 0.25) is 11.8 Å². The molecule has 9 heteroatoms. The average Bonchev–Trinajstić information content (AvgIpc) is 3.15. The first-order valence-corrected chi connectivity index (χ1v) is 17.7. The lowest BCUT2D eigenvalue weighted by atomic mass is 9.99. The molecule has 0 bridgehead atoms. The first kappa shape index (κ1) is 37.5. The van der Waals surface area contributed by atoms with Gasteiger partial charge in [-0.05, 0) is 65.9 Å². The van der Waals surface area contributed by atoms with E-state index in [-0.39, 0.29) is 30.6 Å². The quantitative estimate of drug-likeness (QED) is 0.0521. The number of hydrogen-bond donors (Lipinski definition) is 4. The normalized spacial score (nSPS) is 17.2. The van der Waals surface area contributed by atoms with Crippen LogP contribution in [0.5, 0.6) is 0 Å². The summed E-state index contributed by atoms with van der Waals surface area (Å²) in [5.74, 6) is -0.0790. The molecule has 51 heavy (non-hydrogen) atoms. The molecule has 4 aromatic rings. The van der Waals surface area contributed by atoms with Crippen molar-refractivity contribution in [3.63, 3.8) is 0 Å². The smallest absolute Gasteiger partial charge is 0.224 e. The maximum atomic E-state index is 12.5. The van der Waals surface area contributed by atoms with E-state index >= 15 is 0 Å². The van der Waals surface area contributed by atoms with Gasteiger partial charge in [-0.3, -0.25) is 9.59 Å². The summed E-state index contributed by atoms with van der Waals surface area (Å²) < 4.78 is 13.0. The number of nitrogen functional groups attached to an aromatic ring is 1. The molecule has 2 amide bonds. The van der Waals surface area contributed by atoms with Crippen LogP contribution in [0, 0.1) is 0 Å². The Morgan fingerprint density at radius 2 is 1.59 bits per heavy atom. The third-order valence-electron chi connectivity index (χ3n) is 9.05. The van der Waals surface area contributed by atoms with Gasteiger partial charge in [0.1, 0.15) is 0 Å². The van der Waals surface area contributed by atoms with Gasteiger partial charge >= 0.3 is 0 Å². The zero-order valence-corrected chi connectivity index (χ0v) is 29.4. The van der Waals surface area contributed by atoms with E-state index in [0.717, 1.165) is 65.7 Å². The molecule has 3 atom stereocenters. The van der Waals surface area contributed by atoms with Crippen molar-refractivity contribution in [1.29, 1.82) is 0 Å². The van der Waals surface area contributed by atoms with Gasteiger partial charge in [-0.25, -0.2) is 0 Å². The summed E-state index contributed by atoms with van der Waals surface area (Å²) >= 11 is 0. The van der Waals surface area contributed by atoms with Gasteiger partial charge < -0.3 is 35.8 Å². The van der Waals surface area contributed by atoms with Crippen molar-refractivity contribution in [3.05, 3.63) is 132 Å². The molecule has 0 saturated carbocycles. The van der Waals surface area contributed by atoms with Crippen molar-refractivity contribution in [2.45, 2.75) is 70.2 Å². The number of amides is 2. The van der Waals surface area contributed by atoms with E-state index in [1.165, 1.54) is 0 Å². The number of carbonyl (C=O) groups excluding carboxylic acids is 2. The Morgan fingerprint density at radius 1 is 0.863 bits per heavy atom. The third kappa shape index (κ3) is 11.4. The number of likely N-dealkylation sites (N-methyl/N-ethyl adjacent to an activating group) is 1. The SMILES string of the molecule is C=CCN(C)C[C@H]1C[C@@H](c2ccc(CO)cc2)O[C@@H](c2ccc(-c3cccc(CNC(=O)CCCCCC(=O)Nc4ccccc4N)c3)cc2)O1. The topological polar surface area (TPSA) is 126 Å². The number of aliphatic hydroxyl groups is 1. The minimum atomic E-state index is -0.523. The number of nitrogens with one attached hydrogen (secondary N) is 2. The molecular weight excluding hydrogens is 640 g/mol. The highest BCUT2D eigenvalue weighted by Gasteiger charge is 2.32. The highest BCUT2D eigenvalue weighted by atomic mass is 16.7. The second kappa shape index (κ2) is 19.0. The van der Waals surface area contributed by atoms with Crippen LogP contribution in [0.1, 0.15) is 73.2 Å². The van der Waals surface area contributed by atoms with Crippen molar-refractivity contribution < 1.29 is 24.2 Å². The van der Waals surface area contributed by atoms with Gasteiger partial charge in [-0.1, -0.05) is 91.4 Å². The maximum absolute atomic E-state index is 12.5. The number of carbonyl (C=O) groups is 2. The number of rotatable bonds is 17. The molecule has 4 aromatic carbocycles. The molecule has 1 heterocycles. The monoisotopic (exact) mass is 690 g/mol. The zero-order valence-electron chi connectivity index (χ0n) is 29.4. The molecule has 1 fully saturated rings. The van der Waals surface area contributed by atoms with Gasteiger partial charge in [0, 0.05) is 44.5 Å². The van der Waals surface area contributed by atoms with Crippen LogP contribution in [-0.2, 0) is 32.2 Å². The molecular formula is C42H50N4O5. The Bertz CT molecular complexity index is 1730. The largest absolute Gasteiger partial charge is 0.397 e. The summed E-state index contributed by atoms with van der Waals surface area (Å²) in [7, 11) is 2.06. The lowest BCUT2D eigenvalue weighted by molar-refractivity contribution is -0.252. The van der Waals surface area contributed by atoms with E-state index in [9.17, 15) is 14.7 Å². The number of nitrogens with zero attached hydrogens (tertiary/aromatic N) is 1. The molecule has 0 aliphatic carbocycles. The standard InChI is InChI=1S/C42H50N4O5/c1-3-24-46(2)28-36-26-39(33-18-16-30(29-47)17-19-33)51-42(50-36)34-22-20-32(21-23-34)35-11-9-10-31(25-35)27-44-40(48)14-5-4-6-15-41(49)45-38-13-8-7-12-37(38)43/h3,7-13,16-23,25,36,39,42,47H,1,4-6,14-15,24,26-29,43H2,2H3,(H,44,48)(H,45,49)/t36-,39+,42+/m1/s1. The number of ether oxygens (including phenoxy) is 2. The van der Waals surface area contributed by atoms with Crippen LogP contribution in [0.2, 0.25) is 0 Å². The van der Waals surface area contributed by atoms with E-state index in [1.807, 2.05) is 54.6 Å². The zero-order chi connectivity index (χ0) is 36.0. The number of unbranched alkanes of at least 4 members (excludes halogenated alkanes) is 2. The summed E-state index contributed by atoms with van der Waals surface area (Å²) in [5.41, 5.74) is 13.1. The number of hydrogen-bond acceptors (Lipinski definition) is 7. The van der Waals surface area contributed by atoms with Crippen LogP contribution in [0.3, 0.4) is 0 Å². The maximum Gasteiger partial charge on any atom is 0.224 e. The van der Waals surface area contributed by atoms with E-state index in [0.29, 0.717) is 37.2 Å². The van der Waals surface area contributed by atoms with Crippen LogP contribution < -0.4 is 16.4 Å². The second-order valence-corrected chi connectivity index (χ2v) is 13.2. The van der Waals surface area contributed by atoms with E-state index in [4.69, 9.17) is 15.2 Å². The Morgan fingerprint density at radius 3 is 2.31 bits per heavy atom. The molecule has 0 radical (unpaired) electrons. The highest BCUT2D eigenvalue weighted by molar-refractivity contribution is 5.93. The molecule has 5 N–H and O–H groups in total. The molecule has 5 rings (SSSR count). The first-order valence-electron chi connectivity index (χ1n) is 17.7. The Balaban J connectivity index is 1.11. The highest BCUT2D eigenvalue weighted by Crippen LogP contribution is 2.38. The summed E-state index contributed by atoms with van der Waals surface area (Å²) in [6.45, 7) is 5.84. The predicted molar refractivity (Wildman–Crippen MR) is 202 cm³/mol. The van der Waals surface area contributed by atoms with Crippen molar-refractivity contribution in [1.82, 2.24) is 10.2 Å². The molecule has 1 saturated heterocycles. The van der Waals surface area contributed by atoms with Crippen molar-refractivity contribution in [2.75, 3.05) is 31.2 Å². The lowest BCUT2D eigenvalue weighted by Crippen LogP contribution is -2.37. The van der Waals surface area contributed by atoms with Crippen LogP contribution in [0.15, 0.2) is 110 Å². The minimum Gasteiger partial charge on any atom is -0.397 e. The van der Waals surface area contributed by atoms with E-state index < -0.39 is 6.29 Å². The van der Waals surface area contributed by atoms with Gasteiger partial charge in [0.15, 0.2) is 6.29 Å². The van der Waals surface area contributed by atoms with E-state index in [1.54, 1.807) is 12.1 Å². The number of para-hydroxylation sites is 2. The van der Waals surface area contributed by atoms with Crippen molar-refractivity contribution in [3.8, 4) is 11.1 Å². The van der Waals surface area contributed by atoms with Gasteiger partial charge in [-0.15, -0.1) is 6.58 Å². The van der Waals surface area contributed by atoms with Crippen molar-refractivity contribution >= 4 is 23.2 Å². The second-order valence-electron chi connectivity index (χ2n) is 13.2. The van der Waals surface area contributed by atoms with Gasteiger partial charge in [-0.2, -0.15) is 0 Å². The Kier molecular flexibility index (Phi) is 13.9. The summed E-state index contributed by atoms with van der Waals surface area (Å²) in [4.78, 5) is 27.0. The summed E-state index contributed by atoms with van der Waals surface area (Å²) in [6.07, 6.45) is 4.94. The Labute approximate surface area is 301 Å². The fraction of sp³-hybridized carbons (Fsp3) is 0.333. The first-order chi connectivity index (χ1) is 24.8. The molecule has 268 valence electrons. The van der Waals surface area contributed by atoms with Gasteiger partial charge in [0.25, 0.3) is 0 Å². The number of aliphatic hydroxyl groups excluding tert-OH is 1. The van der Waals surface area contributed by atoms with Crippen molar-refractivity contribution in [2.24, 2.45) is 0 Å². The number of nitrogens with two attached hydrogens (primary N) is 1. The molecule has 9 nitrogen and oxygen atoms in total. The third-order valence-corrected chi connectivity index (χ3v) is 9.05. The van der Waals surface area contributed by atoms with Gasteiger partial charge in [0.05, 0.1) is 30.2 Å². The number of benzene rings is 4. The minimum absolute atomic E-state index is 0.00428. The summed E-state index contributed by atoms with van der Waals surface area (Å²) in [6, 6.07) is 31.5. The van der Waals surface area contributed by atoms with Crippen LogP contribution in [-0.4, -0.2) is 48.1 Å². The molecule has 1 aliphatic heterocycles. The molecule has 1 aliphatic rings. The molecule has 0 spiro atoms. The fourth-order valence-corrected chi connectivity index (χ4v) is 6.23. The van der Waals surface area contributed by atoms with Crippen LogP contribution in [0.25, 0.3) is 11.1 Å². The Hall–Kier alpha value is -4.80. The fourth-order valence-electron chi connectivity index (χ4n) is 6.23. The van der Waals surface area contributed by atoms with Crippen LogP contribution in [0.4, 0.5) is 11.4 Å². The van der Waals surface area contributed by atoms with Crippen LogP contribution >= 0.6 is 0 Å². The molecule has 0 unspecified atom stereocenters.